The van der Waals surface area contributed by atoms with Crippen LogP contribution in [0.4, 0.5) is 0 Å². The van der Waals surface area contributed by atoms with Crippen LogP contribution in [-0.2, 0) is 10.0 Å². The number of fused-ring (bicyclic) bond motifs is 1. The van der Waals surface area contributed by atoms with Gasteiger partial charge in [0, 0.05) is 25.0 Å². The number of aromatic amines is 1. The van der Waals surface area contributed by atoms with E-state index in [2.05, 4.69) is 50.0 Å². The van der Waals surface area contributed by atoms with Crippen LogP contribution in [0.1, 0.15) is 52.0 Å². The van der Waals surface area contributed by atoms with E-state index in [0.717, 1.165) is 43.3 Å². The molecule has 2 aromatic rings. The first-order valence-corrected chi connectivity index (χ1v) is 11.6. The van der Waals surface area contributed by atoms with Gasteiger partial charge in [-0.15, -0.1) is 5.10 Å². The van der Waals surface area contributed by atoms with Crippen LogP contribution in [0.3, 0.4) is 0 Å². The maximum atomic E-state index is 12.7. The molecule has 2 heterocycles. The molecule has 2 aliphatic rings. The van der Waals surface area contributed by atoms with Gasteiger partial charge in [-0.2, -0.15) is 5.10 Å². The molecule has 0 bridgehead atoms. The molecule has 5 atom stereocenters. The van der Waals surface area contributed by atoms with Gasteiger partial charge in [-0.1, -0.05) is 26.7 Å². The fourth-order valence-electron chi connectivity index (χ4n) is 4.76. The summed E-state index contributed by atoms with van der Waals surface area (Å²) in [7, 11) is -3.25. The molecule has 0 aromatic carbocycles. The van der Waals surface area contributed by atoms with Gasteiger partial charge in [0.2, 0.25) is 10.0 Å². The molecule has 0 radical (unpaired) electrons. The van der Waals surface area contributed by atoms with E-state index in [-0.39, 0.29) is 17.3 Å². The van der Waals surface area contributed by atoms with Crippen molar-refractivity contribution in [3.05, 3.63) is 23.9 Å². The number of sulfonamides is 1. The summed E-state index contributed by atoms with van der Waals surface area (Å²) < 4.78 is 30.6. The standard InChI is InChI=1S/C19H28N6O2S/c1-4-12-8-14(24-28(26,27)17-9-13(17)5-2)10-16(12)25-15-6-7-21-19(15)22-11-18(25)23-20-3/h6-7,11-14,16-17,21,24H,3-5,8-10H2,1-2H3/b23-18-/t12-,13?,14+,16?,17?/m1/s1. The zero-order valence-electron chi connectivity index (χ0n) is 16.4. The maximum Gasteiger partial charge on any atom is 0.215 e. The highest BCUT2D eigenvalue weighted by molar-refractivity contribution is 7.90. The number of aromatic nitrogens is 3. The van der Waals surface area contributed by atoms with Gasteiger partial charge in [-0.3, -0.25) is 0 Å². The monoisotopic (exact) mass is 404 g/mol. The van der Waals surface area contributed by atoms with Gasteiger partial charge in [0.05, 0.1) is 17.0 Å². The van der Waals surface area contributed by atoms with Crippen molar-refractivity contribution in [1.82, 2.24) is 19.3 Å². The highest BCUT2D eigenvalue weighted by Gasteiger charge is 2.47. The largest absolute Gasteiger partial charge is 0.345 e. The number of nitrogens with one attached hydrogen (secondary N) is 2. The van der Waals surface area contributed by atoms with Gasteiger partial charge in [0.25, 0.3) is 0 Å². The maximum absolute atomic E-state index is 12.7. The topological polar surface area (TPSA) is 104 Å². The summed E-state index contributed by atoms with van der Waals surface area (Å²) in [4.78, 5) is 7.54. The van der Waals surface area contributed by atoms with Crippen molar-refractivity contribution < 1.29 is 8.42 Å². The normalized spacial score (nSPS) is 30.8. The van der Waals surface area contributed by atoms with Crippen LogP contribution < -0.4 is 10.2 Å². The smallest absolute Gasteiger partial charge is 0.215 e. The third-order valence-corrected chi connectivity index (χ3v) is 8.35. The summed E-state index contributed by atoms with van der Waals surface area (Å²) in [5.74, 6) is 0.660. The SMILES string of the molecule is C=N/N=c1/cnc2[nH]ccc2n1C1C[C@@H](NS(=O)(=O)C2CC2CC)C[C@H]1CC. The molecule has 28 heavy (non-hydrogen) atoms. The molecule has 0 aliphatic heterocycles. The number of nitrogens with zero attached hydrogens (tertiary/aromatic N) is 4. The van der Waals surface area contributed by atoms with Crippen molar-refractivity contribution in [2.45, 2.75) is 63.3 Å². The van der Waals surface area contributed by atoms with Crippen molar-refractivity contribution >= 4 is 27.9 Å². The van der Waals surface area contributed by atoms with Crippen molar-refractivity contribution in [1.29, 1.82) is 0 Å². The van der Waals surface area contributed by atoms with E-state index in [1.54, 1.807) is 6.20 Å². The molecule has 4 rings (SSSR count). The van der Waals surface area contributed by atoms with Crippen molar-refractivity contribution in [2.24, 2.45) is 22.0 Å². The summed E-state index contributed by atoms with van der Waals surface area (Å²) in [6.45, 7) is 7.69. The zero-order valence-corrected chi connectivity index (χ0v) is 17.2. The van der Waals surface area contributed by atoms with Crippen LogP contribution in [0.15, 0.2) is 28.7 Å². The molecule has 0 saturated heterocycles. The lowest BCUT2D eigenvalue weighted by atomic mass is 10.00. The van der Waals surface area contributed by atoms with Gasteiger partial charge >= 0.3 is 0 Å². The van der Waals surface area contributed by atoms with Crippen LogP contribution >= 0.6 is 0 Å². The van der Waals surface area contributed by atoms with Gasteiger partial charge < -0.3 is 9.55 Å². The van der Waals surface area contributed by atoms with Crippen molar-refractivity contribution in [2.75, 3.05) is 0 Å². The Kier molecular flexibility index (Phi) is 5.13. The Morgan fingerprint density at radius 3 is 2.75 bits per heavy atom. The molecular formula is C19H28N6O2S. The van der Waals surface area contributed by atoms with Gasteiger partial charge in [0.15, 0.2) is 11.1 Å². The second kappa shape index (κ2) is 7.44. The molecule has 8 nitrogen and oxygen atoms in total. The van der Waals surface area contributed by atoms with Crippen LogP contribution in [-0.4, -0.2) is 41.0 Å². The number of rotatable bonds is 7. The van der Waals surface area contributed by atoms with E-state index in [1.165, 1.54) is 0 Å². The van der Waals surface area contributed by atoms with Crippen molar-refractivity contribution in [3.8, 4) is 0 Å². The Bertz CT molecular complexity index is 1040. The van der Waals surface area contributed by atoms with Crippen molar-refractivity contribution in [3.63, 3.8) is 0 Å². The summed E-state index contributed by atoms with van der Waals surface area (Å²) >= 11 is 0. The predicted molar refractivity (Wildman–Crippen MR) is 109 cm³/mol. The van der Waals surface area contributed by atoms with E-state index in [0.29, 0.717) is 17.3 Å². The molecule has 2 N–H and O–H groups in total. The Morgan fingerprint density at radius 1 is 1.29 bits per heavy atom. The zero-order chi connectivity index (χ0) is 19.9. The first-order chi connectivity index (χ1) is 13.5. The molecule has 2 aliphatic carbocycles. The second-order valence-corrected chi connectivity index (χ2v) is 9.88. The molecule has 2 saturated carbocycles. The Balaban J connectivity index is 1.65. The molecule has 2 fully saturated rings. The minimum Gasteiger partial charge on any atom is -0.345 e. The molecule has 0 amide bonds. The van der Waals surface area contributed by atoms with E-state index in [4.69, 9.17) is 0 Å². The Morgan fingerprint density at radius 2 is 2.07 bits per heavy atom. The molecular weight excluding hydrogens is 376 g/mol. The van der Waals surface area contributed by atoms with Gasteiger partial charge in [0.1, 0.15) is 0 Å². The first-order valence-electron chi connectivity index (χ1n) is 10.0. The molecule has 2 aromatic heterocycles. The fourth-order valence-corrected chi connectivity index (χ4v) is 6.79. The fraction of sp³-hybridized carbons (Fsp3) is 0.632. The van der Waals surface area contributed by atoms with Crippen LogP contribution in [0.2, 0.25) is 0 Å². The van der Waals surface area contributed by atoms with E-state index in [9.17, 15) is 8.42 Å². The highest BCUT2D eigenvalue weighted by atomic mass is 32.2. The number of hydrogen-bond acceptors (Lipinski definition) is 5. The van der Waals surface area contributed by atoms with Gasteiger partial charge in [-0.25, -0.2) is 18.1 Å². The quantitative estimate of drug-likeness (QED) is 0.546. The summed E-state index contributed by atoms with van der Waals surface area (Å²) in [5, 5.41) is 7.66. The Labute approximate surface area is 165 Å². The average Bonchev–Trinajstić information content (AvgIpc) is 3.17. The molecule has 152 valence electrons. The lowest BCUT2D eigenvalue weighted by Gasteiger charge is -2.22. The van der Waals surface area contributed by atoms with Gasteiger partial charge in [-0.05, 0) is 37.2 Å². The molecule has 9 heteroatoms. The minimum absolute atomic E-state index is 0.0581. The Hall–Kier alpha value is -2.00. The lowest BCUT2D eigenvalue weighted by molar-refractivity contribution is 0.367. The van der Waals surface area contributed by atoms with E-state index in [1.807, 2.05) is 12.3 Å². The average molecular weight is 405 g/mol. The third-order valence-electron chi connectivity index (χ3n) is 6.32. The minimum atomic E-state index is -3.25. The lowest BCUT2D eigenvalue weighted by Crippen LogP contribution is -2.36. The first kappa shape index (κ1) is 19.3. The third kappa shape index (κ3) is 3.41. The molecule has 0 spiro atoms. The highest BCUT2D eigenvalue weighted by Crippen LogP contribution is 2.42. The van der Waals surface area contributed by atoms with E-state index < -0.39 is 10.0 Å². The number of H-pyrrole nitrogens is 1. The summed E-state index contributed by atoms with van der Waals surface area (Å²) in [5.41, 5.74) is 2.37. The molecule has 3 unspecified atom stereocenters. The predicted octanol–water partition coefficient (Wildman–Crippen LogP) is 2.33. The van der Waals surface area contributed by atoms with Crippen LogP contribution in [0.25, 0.3) is 11.2 Å². The second-order valence-electron chi connectivity index (χ2n) is 7.95. The number of hydrogen-bond donors (Lipinski definition) is 2. The summed E-state index contributed by atoms with van der Waals surface area (Å²) in [6, 6.07) is 2.04. The summed E-state index contributed by atoms with van der Waals surface area (Å²) in [6.07, 6.45) is 7.78. The van der Waals surface area contributed by atoms with Crippen LogP contribution in [0.5, 0.6) is 0 Å². The van der Waals surface area contributed by atoms with Crippen LogP contribution in [0, 0.1) is 11.8 Å². The van der Waals surface area contributed by atoms with E-state index >= 15 is 0 Å².